The van der Waals surface area contributed by atoms with Crippen LogP contribution in [0.2, 0.25) is 0 Å². The van der Waals surface area contributed by atoms with Crippen LogP contribution in [0.3, 0.4) is 0 Å². The third kappa shape index (κ3) is 3.11. The predicted molar refractivity (Wildman–Crippen MR) is 66.0 cm³/mol. The molecule has 2 N–H and O–H groups in total. The maximum Gasteiger partial charge on any atom is 0.123 e. The first kappa shape index (κ1) is 11.7. The topological polar surface area (TPSA) is 38.9 Å². The number of nitrogens with two attached hydrogens (primary N) is 1. The molecule has 0 spiro atoms. The molecular weight excluding hydrogens is 215 g/mol. The highest BCUT2D eigenvalue weighted by Gasteiger charge is 2.07. The van der Waals surface area contributed by atoms with Gasteiger partial charge in [-0.25, -0.2) is 4.39 Å². The molecule has 1 heterocycles. The van der Waals surface area contributed by atoms with E-state index in [4.69, 9.17) is 5.73 Å². The molecule has 2 nitrogen and oxygen atoms in total. The minimum Gasteiger partial charge on any atom is -0.324 e. The van der Waals surface area contributed by atoms with Gasteiger partial charge >= 0.3 is 0 Å². The monoisotopic (exact) mass is 230 g/mol. The summed E-state index contributed by atoms with van der Waals surface area (Å²) in [6, 6.07) is 10.1. The van der Waals surface area contributed by atoms with Crippen LogP contribution in [0.25, 0.3) is 0 Å². The molecule has 0 saturated heterocycles. The van der Waals surface area contributed by atoms with Crippen molar-refractivity contribution in [2.45, 2.75) is 19.4 Å². The number of hydrogen-bond acceptors (Lipinski definition) is 2. The highest BCUT2D eigenvalue weighted by atomic mass is 19.1. The van der Waals surface area contributed by atoms with Gasteiger partial charge in [0, 0.05) is 24.4 Å². The summed E-state index contributed by atoms with van der Waals surface area (Å²) in [5.41, 5.74) is 9.06. The molecule has 0 aliphatic rings. The molecule has 0 bridgehead atoms. The predicted octanol–water partition coefficient (Wildman–Crippen LogP) is 2.77. The quantitative estimate of drug-likeness (QED) is 0.880. The van der Waals surface area contributed by atoms with Gasteiger partial charge in [0.15, 0.2) is 0 Å². The molecule has 0 aliphatic heterocycles. The molecule has 17 heavy (non-hydrogen) atoms. The highest BCUT2D eigenvalue weighted by molar-refractivity contribution is 5.22. The van der Waals surface area contributed by atoms with Crippen LogP contribution in [0, 0.1) is 12.7 Å². The van der Waals surface area contributed by atoms with Gasteiger partial charge < -0.3 is 5.73 Å². The molecule has 2 rings (SSSR count). The Hall–Kier alpha value is -1.74. The molecule has 0 aliphatic carbocycles. The summed E-state index contributed by atoms with van der Waals surface area (Å²) < 4.78 is 12.8. The summed E-state index contributed by atoms with van der Waals surface area (Å²) in [5, 5.41) is 0. The molecule has 0 saturated carbocycles. The number of aryl methyl sites for hydroxylation is 1. The van der Waals surface area contributed by atoms with E-state index in [0.29, 0.717) is 6.42 Å². The van der Waals surface area contributed by atoms with E-state index in [1.165, 1.54) is 12.1 Å². The number of aromatic nitrogens is 1. The van der Waals surface area contributed by atoms with Crippen molar-refractivity contribution in [2.24, 2.45) is 5.73 Å². The summed E-state index contributed by atoms with van der Waals surface area (Å²) in [6.45, 7) is 2.00. The Labute approximate surface area is 100 Å². The summed E-state index contributed by atoms with van der Waals surface area (Å²) in [4.78, 5) is 4.31. The van der Waals surface area contributed by atoms with Crippen molar-refractivity contribution in [2.75, 3.05) is 0 Å². The van der Waals surface area contributed by atoms with Gasteiger partial charge in [0.05, 0.1) is 0 Å². The second kappa shape index (κ2) is 5.06. The fraction of sp³-hybridized carbons (Fsp3) is 0.214. The maximum atomic E-state index is 12.8. The smallest absolute Gasteiger partial charge is 0.123 e. The van der Waals surface area contributed by atoms with Crippen molar-refractivity contribution in [3.63, 3.8) is 0 Å². The average molecular weight is 230 g/mol. The zero-order chi connectivity index (χ0) is 12.3. The number of hydrogen-bond donors (Lipinski definition) is 1. The molecule has 0 amide bonds. The molecule has 1 aromatic carbocycles. The number of benzene rings is 1. The van der Waals surface area contributed by atoms with Crippen LogP contribution in [-0.2, 0) is 6.42 Å². The highest BCUT2D eigenvalue weighted by Crippen LogP contribution is 2.15. The van der Waals surface area contributed by atoms with Crippen molar-refractivity contribution >= 4 is 0 Å². The number of nitrogens with zero attached hydrogens (tertiary/aromatic N) is 1. The third-order valence-electron chi connectivity index (χ3n) is 2.70. The molecule has 3 heteroatoms. The van der Waals surface area contributed by atoms with Gasteiger partial charge in [0.2, 0.25) is 0 Å². The standard InChI is InChI=1S/C14H15FN2/c1-10-2-7-13(17-9-10)8-14(16)11-3-5-12(15)6-4-11/h2-7,9,14H,8,16H2,1H3. The van der Waals surface area contributed by atoms with Crippen LogP contribution < -0.4 is 5.73 Å². The first-order valence-electron chi connectivity index (χ1n) is 5.58. The third-order valence-corrected chi connectivity index (χ3v) is 2.70. The van der Waals surface area contributed by atoms with E-state index < -0.39 is 0 Å². The van der Waals surface area contributed by atoms with Gasteiger partial charge in [0.25, 0.3) is 0 Å². The fourth-order valence-corrected chi connectivity index (χ4v) is 1.67. The van der Waals surface area contributed by atoms with E-state index in [1.54, 1.807) is 12.1 Å². The minimum absolute atomic E-state index is 0.147. The maximum absolute atomic E-state index is 12.8. The molecule has 2 aromatic rings. The molecule has 1 unspecified atom stereocenters. The Kier molecular flexibility index (Phi) is 3.49. The van der Waals surface area contributed by atoms with Crippen molar-refractivity contribution < 1.29 is 4.39 Å². The zero-order valence-electron chi connectivity index (χ0n) is 9.73. The second-order valence-corrected chi connectivity index (χ2v) is 4.19. The summed E-state index contributed by atoms with van der Waals surface area (Å²) in [7, 11) is 0. The first-order chi connectivity index (χ1) is 8.15. The van der Waals surface area contributed by atoms with E-state index in [2.05, 4.69) is 4.98 Å². The largest absolute Gasteiger partial charge is 0.324 e. The molecule has 0 radical (unpaired) electrons. The number of rotatable bonds is 3. The van der Waals surface area contributed by atoms with Gasteiger partial charge in [-0.2, -0.15) is 0 Å². The van der Waals surface area contributed by atoms with Crippen molar-refractivity contribution in [1.29, 1.82) is 0 Å². The van der Waals surface area contributed by atoms with Gasteiger partial charge in [-0.05, 0) is 36.2 Å². The van der Waals surface area contributed by atoms with Crippen LogP contribution in [0.15, 0.2) is 42.6 Å². The van der Waals surface area contributed by atoms with E-state index >= 15 is 0 Å². The molecule has 1 aromatic heterocycles. The zero-order valence-corrected chi connectivity index (χ0v) is 9.73. The summed E-state index contributed by atoms with van der Waals surface area (Å²) in [6.07, 6.45) is 2.48. The van der Waals surface area contributed by atoms with E-state index in [1.807, 2.05) is 25.3 Å². The lowest BCUT2D eigenvalue weighted by Gasteiger charge is -2.11. The van der Waals surface area contributed by atoms with Gasteiger partial charge in [-0.3, -0.25) is 4.98 Å². The lowest BCUT2D eigenvalue weighted by Crippen LogP contribution is -2.14. The van der Waals surface area contributed by atoms with E-state index in [-0.39, 0.29) is 11.9 Å². The van der Waals surface area contributed by atoms with Crippen LogP contribution in [0.1, 0.15) is 22.9 Å². The Morgan fingerprint density at radius 2 is 1.88 bits per heavy atom. The van der Waals surface area contributed by atoms with E-state index in [9.17, 15) is 4.39 Å². The van der Waals surface area contributed by atoms with Gasteiger partial charge in [-0.15, -0.1) is 0 Å². The van der Waals surface area contributed by atoms with Crippen LogP contribution in [-0.4, -0.2) is 4.98 Å². The summed E-state index contributed by atoms with van der Waals surface area (Å²) >= 11 is 0. The minimum atomic E-state index is -0.241. The Balaban J connectivity index is 2.08. The Bertz CT molecular complexity index is 477. The molecule has 88 valence electrons. The van der Waals surface area contributed by atoms with Crippen molar-refractivity contribution in [1.82, 2.24) is 4.98 Å². The van der Waals surface area contributed by atoms with Crippen LogP contribution in [0.4, 0.5) is 4.39 Å². The number of pyridine rings is 1. The molecule has 1 atom stereocenters. The lowest BCUT2D eigenvalue weighted by atomic mass is 10.0. The molecular formula is C14H15FN2. The van der Waals surface area contributed by atoms with Crippen LogP contribution >= 0.6 is 0 Å². The van der Waals surface area contributed by atoms with Gasteiger partial charge in [0.1, 0.15) is 5.82 Å². The Morgan fingerprint density at radius 3 is 2.47 bits per heavy atom. The Morgan fingerprint density at radius 1 is 1.18 bits per heavy atom. The van der Waals surface area contributed by atoms with Crippen molar-refractivity contribution in [3.05, 3.63) is 65.2 Å². The normalized spacial score (nSPS) is 12.4. The second-order valence-electron chi connectivity index (χ2n) is 4.19. The van der Waals surface area contributed by atoms with E-state index in [0.717, 1.165) is 16.8 Å². The first-order valence-corrected chi connectivity index (χ1v) is 5.58. The average Bonchev–Trinajstić information content (AvgIpc) is 2.33. The fourth-order valence-electron chi connectivity index (χ4n) is 1.67. The molecule has 0 fully saturated rings. The van der Waals surface area contributed by atoms with Crippen LogP contribution in [0.5, 0.6) is 0 Å². The van der Waals surface area contributed by atoms with Gasteiger partial charge in [-0.1, -0.05) is 18.2 Å². The van der Waals surface area contributed by atoms with Crippen molar-refractivity contribution in [3.8, 4) is 0 Å². The summed E-state index contributed by atoms with van der Waals surface area (Å²) in [5.74, 6) is -0.241. The SMILES string of the molecule is Cc1ccc(CC(N)c2ccc(F)cc2)nc1. The lowest BCUT2D eigenvalue weighted by molar-refractivity contribution is 0.624. The number of halogens is 1.